The van der Waals surface area contributed by atoms with E-state index >= 15 is 0 Å². The van der Waals surface area contributed by atoms with Gasteiger partial charge in [0.2, 0.25) is 0 Å². The first-order valence-corrected chi connectivity index (χ1v) is 8.52. The van der Waals surface area contributed by atoms with Crippen molar-refractivity contribution in [2.24, 2.45) is 0 Å². The standard InChI is InChI=1S/C19H30N2O/c1-4-22-19-14-17(10-11-18(19)21(2)3)15-20-13-12-16-8-6-5-7-9-16/h8,10-11,14,20H,4-7,9,12-13,15H2,1-3H3. The SMILES string of the molecule is CCOc1cc(CNCCC2=CCCCC2)ccc1N(C)C. The summed E-state index contributed by atoms with van der Waals surface area (Å²) in [5.41, 5.74) is 4.06. The fourth-order valence-electron chi connectivity index (χ4n) is 2.92. The fourth-order valence-corrected chi connectivity index (χ4v) is 2.92. The first-order chi connectivity index (χ1) is 10.7. The Labute approximate surface area is 135 Å². The normalized spacial score (nSPS) is 14.6. The van der Waals surface area contributed by atoms with Crippen LogP contribution in [0, 0.1) is 0 Å². The van der Waals surface area contributed by atoms with Crippen LogP contribution in [0.15, 0.2) is 29.8 Å². The molecule has 1 aliphatic rings. The van der Waals surface area contributed by atoms with Crippen LogP contribution in [0.5, 0.6) is 5.75 Å². The molecule has 0 aliphatic heterocycles. The van der Waals surface area contributed by atoms with Crippen LogP contribution >= 0.6 is 0 Å². The highest BCUT2D eigenvalue weighted by Crippen LogP contribution is 2.28. The molecule has 1 aliphatic carbocycles. The molecule has 0 amide bonds. The molecule has 122 valence electrons. The lowest BCUT2D eigenvalue weighted by Crippen LogP contribution is -2.16. The Hall–Kier alpha value is -1.48. The van der Waals surface area contributed by atoms with Crippen LogP contribution in [0.4, 0.5) is 5.69 Å². The first kappa shape index (κ1) is 16.9. The van der Waals surface area contributed by atoms with Gasteiger partial charge in [-0.1, -0.05) is 17.7 Å². The average molecular weight is 302 g/mol. The molecule has 0 saturated heterocycles. The zero-order chi connectivity index (χ0) is 15.8. The predicted molar refractivity (Wildman–Crippen MR) is 94.8 cm³/mol. The number of nitrogens with one attached hydrogen (secondary N) is 1. The third-order valence-corrected chi connectivity index (χ3v) is 4.14. The van der Waals surface area contributed by atoms with Crippen molar-refractivity contribution in [1.82, 2.24) is 5.32 Å². The minimum atomic E-state index is 0.700. The van der Waals surface area contributed by atoms with Gasteiger partial charge in [-0.25, -0.2) is 0 Å². The topological polar surface area (TPSA) is 24.5 Å². The molecule has 0 saturated carbocycles. The molecular formula is C19H30N2O. The monoisotopic (exact) mass is 302 g/mol. The molecule has 1 aromatic rings. The molecule has 0 heterocycles. The van der Waals surface area contributed by atoms with E-state index in [0.717, 1.165) is 24.5 Å². The van der Waals surface area contributed by atoms with Crippen LogP contribution in [0.25, 0.3) is 0 Å². The summed E-state index contributed by atoms with van der Waals surface area (Å²) in [5, 5.41) is 3.56. The minimum absolute atomic E-state index is 0.700. The van der Waals surface area contributed by atoms with Crippen molar-refractivity contribution in [3.8, 4) is 5.75 Å². The molecule has 1 N–H and O–H groups in total. The number of allylic oxidation sites excluding steroid dienone is 1. The highest BCUT2D eigenvalue weighted by Gasteiger charge is 2.07. The second-order valence-corrected chi connectivity index (χ2v) is 6.16. The third-order valence-electron chi connectivity index (χ3n) is 4.14. The molecule has 0 unspecified atom stereocenters. The smallest absolute Gasteiger partial charge is 0.142 e. The van der Waals surface area contributed by atoms with Crippen molar-refractivity contribution in [3.63, 3.8) is 0 Å². The number of anilines is 1. The van der Waals surface area contributed by atoms with Gasteiger partial charge in [-0.15, -0.1) is 0 Å². The number of hydrogen-bond donors (Lipinski definition) is 1. The van der Waals surface area contributed by atoms with Gasteiger partial charge in [0.05, 0.1) is 12.3 Å². The van der Waals surface area contributed by atoms with Gasteiger partial charge in [-0.05, 0) is 63.3 Å². The molecule has 3 heteroatoms. The third kappa shape index (κ3) is 5.06. The Kier molecular flexibility index (Phi) is 6.78. The number of ether oxygens (including phenoxy) is 1. The van der Waals surface area contributed by atoms with Crippen molar-refractivity contribution in [3.05, 3.63) is 35.4 Å². The number of benzene rings is 1. The fraction of sp³-hybridized carbons (Fsp3) is 0.579. The van der Waals surface area contributed by atoms with Gasteiger partial charge in [0, 0.05) is 20.6 Å². The molecule has 0 atom stereocenters. The number of hydrogen-bond acceptors (Lipinski definition) is 3. The van der Waals surface area contributed by atoms with E-state index < -0.39 is 0 Å². The Bertz CT molecular complexity index is 494. The van der Waals surface area contributed by atoms with E-state index in [0.29, 0.717) is 6.61 Å². The maximum absolute atomic E-state index is 5.76. The highest BCUT2D eigenvalue weighted by molar-refractivity contribution is 5.58. The van der Waals surface area contributed by atoms with E-state index in [1.54, 1.807) is 5.57 Å². The van der Waals surface area contributed by atoms with E-state index in [9.17, 15) is 0 Å². The van der Waals surface area contributed by atoms with Crippen molar-refractivity contribution in [2.45, 2.75) is 45.6 Å². The van der Waals surface area contributed by atoms with Gasteiger partial charge < -0.3 is 15.0 Å². The van der Waals surface area contributed by atoms with E-state index in [4.69, 9.17) is 4.74 Å². The molecule has 3 nitrogen and oxygen atoms in total. The Morgan fingerprint density at radius 2 is 2.09 bits per heavy atom. The summed E-state index contributed by atoms with van der Waals surface area (Å²) >= 11 is 0. The summed E-state index contributed by atoms with van der Waals surface area (Å²) in [6, 6.07) is 6.49. The minimum Gasteiger partial charge on any atom is -0.492 e. The predicted octanol–water partition coefficient (Wildman–Crippen LogP) is 4.13. The first-order valence-electron chi connectivity index (χ1n) is 8.52. The van der Waals surface area contributed by atoms with Crippen molar-refractivity contribution in [2.75, 3.05) is 32.1 Å². The Morgan fingerprint density at radius 1 is 1.23 bits per heavy atom. The lowest BCUT2D eigenvalue weighted by atomic mass is 9.97. The van der Waals surface area contributed by atoms with Gasteiger partial charge in [0.15, 0.2) is 0 Å². The lowest BCUT2D eigenvalue weighted by Gasteiger charge is -2.18. The maximum Gasteiger partial charge on any atom is 0.142 e. The van der Waals surface area contributed by atoms with Crippen LogP contribution in [0.1, 0.15) is 44.6 Å². The summed E-state index contributed by atoms with van der Waals surface area (Å²) < 4.78 is 5.76. The summed E-state index contributed by atoms with van der Waals surface area (Å²) in [4.78, 5) is 2.09. The summed E-state index contributed by atoms with van der Waals surface area (Å²) in [6.07, 6.45) is 8.94. The zero-order valence-electron chi connectivity index (χ0n) is 14.3. The maximum atomic E-state index is 5.76. The quantitative estimate of drug-likeness (QED) is 0.577. The molecule has 1 aromatic carbocycles. The van der Waals surface area contributed by atoms with Gasteiger partial charge in [-0.3, -0.25) is 0 Å². The van der Waals surface area contributed by atoms with Gasteiger partial charge in [0.1, 0.15) is 5.75 Å². The van der Waals surface area contributed by atoms with Crippen molar-refractivity contribution < 1.29 is 4.74 Å². The lowest BCUT2D eigenvalue weighted by molar-refractivity contribution is 0.340. The van der Waals surface area contributed by atoms with Crippen molar-refractivity contribution in [1.29, 1.82) is 0 Å². The van der Waals surface area contributed by atoms with Crippen LogP contribution in [0.2, 0.25) is 0 Å². The molecule has 22 heavy (non-hydrogen) atoms. The summed E-state index contributed by atoms with van der Waals surface area (Å²) in [6.45, 7) is 4.69. The number of rotatable bonds is 8. The summed E-state index contributed by atoms with van der Waals surface area (Å²) in [7, 11) is 4.10. The van der Waals surface area contributed by atoms with Crippen LogP contribution < -0.4 is 15.0 Å². The van der Waals surface area contributed by atoms with E-state index in [2.05, 4.69) is 34.5 Å². The second-order valence-electron chi connectivity index (χ2n) is 6.16. The van der Waals surface area contributed by atoms with Gasteiger partial charge in [0.25, 0.3) is 0 Å². The van der Waals surface area contributed by atoms with E-state index in [1.807, 2.05) is 21.0 Å². The molecule has 0 spiro atoms. The molecule has 0 radical (unpaired) electrons. The molecule has 2 rings (SSSR count). The Balaban J connectivity index is 1.84. The van der Waals surface area contributed by atoms with E-state index in [-0.39, 0.29) is 0 Å². The van der Waals surface area contributed by atoms with Gasteiger partial charge >= 0.3 is 0 Å². The second kappa shape index (κ2) is 8.84. The number of nitrogens with zero attached hydrogens (tertiary/aromatic N) is 1. The van der Waals surface area contributed by atoms with Crippen LogP contribution in [-0.4, -0.2) is 27.2 Å². The molecule has 0 bridgehead atoms. The van der Waals surface area contributed by atoms with Crippen LogP contribution in [-0.2, 0) is 6.54 Å². The average Bonchev–Trinajstić information content (AvgIpc) is 2.53. The van der Waals surface area contributed by atoms with Gasteiger partial charge in [-0.2, -0.15) is 0 Å². The zero-order valence-corrected chi connectivity index (χ0v) is 14.3. The Morgan fingerprint density at radius 3 is 2.77 bits per heavy atom. The van der Waals surface area contributed by atoms with E-state index in [1.165, 1.54) is 37.7 Å². The molecule has 0 fully saturated rings. The van der Waals surface area contributed by atoms with Crippen molar-refractivity contribution >= 4 is 5.69 Å². The largest absolute Gasteiger partial charge is 0.492 e. The molecule has 0 aromatic heterocycles. The molecular weight excluding hydrogens is 272 g/mol. The van der Waals surface area contributed by atoms with Crippen LogP contribution in [0.3, 0.4) is 0 Å². The highest BCUT2D eigenvalue weighted by atomic mass is 16.5. The summed E-state index contributed by atoms with van der Waals surface area (Å²) in [5.74, 6) is 0.974.